The van der Waals surface area contributed by atoms with E-state index in [9.17, 15) is 0 Å². The Hall–Kier alpha value is -1.10. The van der Waals surface area contributed by atoms with Gasteiger partial charge in [-0.25, -0.2) is 0 Å². The fourth-order valence-corrected chi connectivity index (χ4v) is 2.69. The number of morpholine rings is 1. The largest absolute Gasteiger partial charge is 0.494 e. The van der Waals surface area contributed by atoms with Gasteiger partial charge in [-0.1, -0.05) is 26.0 Å². The second kappa shape index (κ2) is 8.37. The molecule has 0 bridgehead atoms. The number of ether oxygens (including phenoxy) is 2. The average molecular weight is 292 g/mol. The van der Waals surface area contributed by atoms with Crippen LogP contribution in [0.25, 0.3) is 0 Å². The first-order chi connectivity index (χ1) is 10.2. The van der Waals surface area contributed by atoms with E-state index in [0.29, 0.717) is 0 Å². The number of nitrogens with two attached hydrogens (primary N) is 1. The second-order valence-electron chi connectivity index (χ2n) is 5.65. The summed E-state index contributed by atoms with van der Waals surface area (Å²) in [6.07, 6.45) is 2.27. The smallest absolute Gasteiger partial charge is 0.119 e. The summed E-state index contributed by atoms with van der Waals surface area (Å²) in [6, 6.07) is 8.02. The van der Waals surface area contributed by atoms with Gasteiger partial charge in [-0.2, -0.15) is 0 Å². The molecule has 1 heterocycles. The van der Waals surface area contributed by atoms with E-state index in [-0.39, 0.29) is 12.1 Å². The van der Waals surface area contributed by atoms with Crippen LogP contribution in [0.1, 0.15) is 38.3 Å². The molecule has 2 atom stereocenters. The Morgan fingerprint density at radius 2 is 2.05 bits per heavy atom. The van der Waals surface area contributed by atoms with Crippen molar-refractivity contribution >= 4 is 0 Å². The normalized spacial score (nSPS) is 21.2. The van der Waals surface area contributed by atoms with Gasteiger partial charge >= 0.3 is 0 Å². The minimum atomic E-state index is -0.0788. The third kappa shape index (κ3) is 4.70. The van der Waals surface area contributed by atoms with Crippen molar-refractivity contribution < 1.29 is 9.47 Å². The van der Waals surface area contributed by atoms with Gasteiger partial charge in [0.2, 0.25) is 0 Å². The Morgan fingerprint density at radius 1 is 1.29 bits per heavy atom. The van der Waals surface area contributed by atoms with E-state index >= 15 is 0 Å². The quantitative estimate of drug-likeness (QED) is 0.839. The third-order valence-electron chi connectivity index (χ3n) is 3.86. The standard InChI is InChI=1S/C17H28N2O2/c1-3-9-19-10-12-21-16(13-19)17(18)14-5-7-15(8-6-14)20-11-4-2/h5-8,16-17H,3-4,9-13,18H2,1-2H3. The molecule has 0 aromatic heterocycles. The molecule has 2 N–H and O–H groups in total. The van der Waals surface area contributed by atoms with Crippen molar-refractivity contribution in [2.24, 2.45) is 5.73 Å². The molecule has 4 heteroatoms. The molecule has 0 saturated carbocycles. The Bertz CT molecular complexity index is 406. The summed E-state index contributed by atoms with van der Waals surface area (Å²) >= 11 is 0. The van der Waals surface area contributed by atoms with Crippen LogP contribution in [0.4, 0.5) is 0 Å². The first-order valence-electron chi connectivity index (χ1n) is 8.07. The van der Waals surface area contributed by atoms with Crippen molar-refractivity contribution in [1.29, 1.82) is 0 Å². The zero-order valence-corrected chi connectivity index (χ0v) is 13.3. The van der Waals surface area contributed by atoms with Gasteiger partial charge in [0.05, 0.1) is 25.4 Å². The minimum absolute atomic E-state index is 0.0766. The number of hydrogen-bond donors (Lipinski definition) is 1. The fourth-order valence-electron chi connectivity index (χ4n) is 2.69. The average Bonchev–Trinajstić information content (AvgIpc) is 2.53. The Balaban J connectivity index is 1.93. The molecule has 1 aromatic rings. The van der Waals surface area contributed by atoms with Crippen LogP contribution >= 0.6 is 0 Å². The summed E-state index contributed by atoms with van der Waals surface area (Å²) in [4.78, 5) is 2.44. The van der Waals surface area contributed by atoms with Crippen LogP contribution in [-0.4, -0.2) is 43.9 Å². The maximum atomic E-state index is 6.39. The zero-order valence-electron chi connectivity index (χ0n) is 13.3. The summed E-state index contributed by atoms with van der Waals surface area (Å²) in [7, 11) is 0. The lowest BCUT2D eigenvalue weighted by molar-refractivity contribution is -0.0408. The highest BCUT2D eigenvalue weighted by Crippen LogP contribution is 2.22. The van der Waals surface area contributed by atoms with Crippen molar-refractivity contribution in [3.8, 4) is 5.75 Å². The SMILES string of the molecule is CCCOc1ccc(C(N)C2CN(CCC)CCO2)cc1. The number of rotatable bonds is 7. The second-order valence-corrected chi connectivity index (χ2v) is 5.65. The number of nitrogens with zero attached hydrogens (tertiary/aromatic N) is 1. The molecule has 1 fully saturated rings. The molecular weight excluding hydrogens is 264 g/mol. The van der Waals surface area contributed by atoms with Crippen LogP contribution in [0.3, 0.4) is 0 Å². The van der Waals surface area contributed by atoms with E-state index in [4.69, 9.17) is 15.2 Å². The maximum Gasteiger partial charge on any atom is 0.119 e. The van der Waals surface area contributed by atoms with Gasteiger partial charge in [0.15, 0.2) is 0 Å². The van der Waals surface area contributed by atoms with Gasteiger partial charge in [-0.3, -0.25) is 4.90 Å². The van der Waals surface area contributed by atoms with Gasteiger partial charge in [0.1, 0.15) is 5.75 Å². The van der Waals surface area contributed by atoms with E-state index in [1.165, 1.54) is 6.42 Å². The molecule has 0 spiro atoms. The Morgan fingerprint density at radius 3 is 2.71 bits per heavy atom. The Labute approximate surface area is 128 Å². The van der Waals surface area contributed by atoms with Gasteiger partial charge in [0.25, 0.3) is 0 Å². The first-order valence-corrected chi connectivity index (χ1v) is 8.07. The molecule has 21 heavy (non-hydrogen) atoms. The summed E-state index contributed by atoms with van der Waals surface area (Å²) in [5.41, 5.74) is 7.50. The highest BCUT2D eigenvalue weighted by molar-refractivity contribution is 5.29. The lowest BCUT2D eigenvalue weighted by Gasteiger charge is -2.35. The van der Waals surface area contributed by atoms with Crippen LogP contribution < -0.4 is 10.5 Å². The van der Waals surface area contributed by atoms with E-state index in [2.05, 4.69) is 30.9 Å². The van der Waals surface area contributed by atoms with Gasteiger partial charge < -0.3 is 15.2 Å². The van der Waals surface area contributed by atoms with Crippen LogP contribution in [0.15, 0.2) is 24.3 Å². The van der Waals surface area contributed by atoms with Crippen LogP contribution in [0.2, 0.25) is 0 Å². The summed E-state index contributed by atoms with van der Waals surface area (Å²) < 4.78 is 11.5. The fraction of sp³-hybridized carbons (Fsp3) is 0.647. The van der Waals surface area contributed by atoms with Crippen LogP contribution in [-0.2, 0) is 4.74 Å². The van der Waals surface area contributed by atoms with Crippen molar-refractivity contribution in [1.82, 2.24) is 4.90 Å². The van der Waals surface area contributed by atoms with Crippen molar-refractivity contribution in [3.05, 3.63) is 29.8 Å². The van der Waals surface area contributed by atoms with Crippen molar-refractivity contribution in [3.63, 3.8) is 0 Å². The predicted octanol–water partition coefficient (Wildman–Crippen LogP) is 2.59. The predicted molar refractivity (Wildman–Crippen MR) is 85.6 cm³/mol. The zero-order chi connectivity index (χ0) is 15.1. The first kappa shape index (κ1) is 16.3. The summed E-state index contributed by atoms with van der Waals surface area (Å²) in [5, 5.41) is 0. The highest BCUT2D eigenvalue weighted by Gasteiger charge is 2.26. The van der Waals surface area contributed by atoms with Gasteiger partial charge in [-0.05, 0) is 37.1 Å². The molecule has 0 aliphatic carbocycles. The van der Waals surface area contributed by atoms with Crippen LogP contribution in [0, 0.1) is 0 Å². The van der Waals surface area contributed by atoms with E-state index in [1.807, 2.05) is 12.1 Å². The number of benzene rings is 1. The molecule has 2 rings (SSSR count). The molecule has 1 saturated heterocycles. The Kier molecular flexibility index (Phi) is 6.49. The molecule has 4 nitrogen and oxygen atoms in total. The molecule has 0 amide bonds. The van der Waals surface area contributed by atoms with Crippen molar-refractivity contribution in [2.45, 2.75) is 38.8 Å². The molecule has 1 aliphatic rings. The van der Waals surface area contributed by atoms with E-state index < -0.39 is 0 Å². The van der Waals surface area contributed by atoms with Gasteiger partial charge in [0, 0.05) is 13.1 Å². The van der Waals surface area contributed by atoms with Crippen molar-refractivity contribution in [2.75, 3.05) is 32.8 Å². The number of hydrogen-bond acceptors (Lipinski definition) is 4. The molecule has 1 aromatic carbocycles. The molecule has 1 aliphatic heterocycles. The lowest BCUT2D eigenvalue weighted by atomic mass is 10.0. The maximum absolute atomic E-state index is 6.39. The highest BCUT2D eigenvalue weighted by atomic mass is 16.5. The molecule has 2 unspecified atom stereocenters. The molecular formula is C17H28N2O2. The monoisotopic (exact) mass is 292 g/mol. The topological polar surface area (TPSA) is 47.7 Å². The summed E-state index contributed by atoms with van der Waals surface area (Å²) in [6.45, 7) is 8.89. The van der Waals surface area contributed by atoms with Crippen LogP contribution in [0.5, 0.6) is 5.75 Å². The molecule has 0 radical (unpaired) electrons. The third-order valence-corrected chi connectivity index (χ3v) is 3.86. The van der Waals surface area contributed by atoms with Gasteiger partial charge in [-0.15, -0.1) is 0 Å². The molecule has 118 valence electrons. The van der Waals surface area contributed by atoms with E-state index in [0.717, 1.165) is 50.6 Å². The van der Waals surface area contributed by atoms with E-state index in [1.54, 1.807) is 0 Å². The minimum Gasteiger partial charge on any atom is -0.494 e. The summed E-state index contributed by atoms with van der Waals surface area (Å²) in [5.74, 6) is 0.907. The lowest BCUT2D eigenvalue weighted by Crippen LogP contribution is -2.47.